The Morgan fingerprint density at radius 3 is 2.47 bits per heavy atom. The molecule has 0 fully saturated rings. The number of carbonyl (C=O) groups excluding carboxylic acids is 1. The minimum atomic E-state index is -0.402. The molecule has 0 saturated heterocycles. The standard InChI is InChI=1S/C29H26FN3O3/c1-16-5-11-23(17(2)13-16)28(21-7-9-22(30)10-8-21)32-26(34)15-20-6-12-25-24(14-20)31-29(35-25)27-18(3)33-36-19(27)4/h5-14,28H,15H2,1-4H3,(H,32,34). The van der Waals surface area contributed by atoms with Crippen LogP contribution in [0.25, 0.3) is 22.6 Å². The molecule has 2 aromatic heterocycles. The van der Waals surface area contributed by atoms with Crippen LogP contribution < -0.4 is 5.32 Å². The number of aromatic nitrogens is 2. The summed E-state index contributed by atoms with van der Waals surface area (Å²) in [7, 11) is 0. The maximum absolute atomic E-state index is 13.6. The van der Waals surface area contributed by atoms with Crippen LogP contribution in [-0.4, -0.2) is 16.0 Å². The van der Waals surface area contributed by atoms with Gasteiger partial charge in [0.15, 0.2) is 5.58 Å². The van der Waals surface area contributed by atoms with Gasteiger partial charge < -0.3 is 14.3 Å². The first-order valence-electron chi connectivity index (χ1n) is 11.7. The normalized spacial score (nSPS) is 12.1. The van der Waals surface area contributed by atoms with E-state index < -0.39 is 6.04 Å². The van der Waals surface area contributed by atoms with E-state index in [1.165, 1.54) is 12.1 Å². The summed E-state index contributed by atoms with van der Waals surface area (Å²) in [6.07, 6.45) is 0.159. The number of carbonyl (C=O) groups is 1. The van der Waals surface area contributed by atoms with Crippen molar-refractivity contribution in [3.63, 3.8) is 0 Å². The van der Waals surface area contributed by atoms with Crippen molar-refractivity contribution in [2.24, 2.45) is 0 Å². The van der Waals surface area contributed by atoms with Crippen molar-refractivity contribution in [2.45, 2.75) is 40.2 Å². The third-order valence-electron chi connectivity index (χ3n) is 6.31. The summed E-state index contributed by atoms with van der Waals surface area (Å²) >= 11 is 0. The SMILES string of the molecule is Cc1ccc(C(NC(=O)Cc2ccc3oc(-c4c(C)noc4C)nc3c2)c2ccc(F)cc2)c(C)c1. The Hall–Kier alpha value is -4.26. The van der Waals surface area contributed by atoms with Crippen LogP contribution in [-0.2, 0) is 11.2 Å². The van der Waals surface area contributed by atoms with E-state index in [2.05, 4.69) is 21.5 Å². The second-order valence-electron chi connectivity index (χ2n) is 9.11. The minimum absolute atomic E-state index is 0.155. The Bertz CT molecular complexity index is 1550. The number of aryl methyl sites for hydroxylation is 4. The van der Waals surface area contributed by atoms with Gasteiger partial charge in [0.25, 0.3) is 0 Å². The fourth-order valence-electron chi connectivity index (χ4n) is 4.52. The maximum atomic E-state index is 13.6. The molecular formula is C29H26FN3O3. The fraction of sp³-hybridized carbons (Fsp3) is 0.207. The quantitative estimate of drug-likeness (QED) is 0.306. The predicted octanol–water partition coefficient (Wildman–Crippen LogP) is 6.30. The fourth-order valence-corrected chi connectivity index (χ4v) is 4.52. The summed E-state index contributed by atoms with van der Waals surface area (Å²) in [4.78, 5) is 17.8. The van der Waals surface area contributed by atoms with Gasteiger partial charge in [0.1, 0.15) is 22.7 Å². The largest absolute Gasteiger partial charge is 0.436 e. The maximum Gasteiger partial charge on any atom is 0.232 e. The highest BCUT2D eigenvalue weighted by atomic mass is 19.1. The number of fused-ring (bicyclic) bond motifs is 1. The first-order valence-corrected chi connectivity index (χ1v) is 11.7. The average Bonchev–Trinajstić information content (AvgIpc) is 3.40. The third kappa shape index (κ3) is 4.64. The van der Waals surface area contributed by atoms with E-state index in [9.17, 15) is 9.18 Å². The molecule has 1 atom stereocenters. The van der Waals surface area contributed by atoms with Crippen LogP contribution in [0.1, 0.15) is 45.3 Å². The molecule has 0 bridgehead atoms. The van der Waals surface area contributed by atoms with E-state index in [-0.39, 0.29) is 18.1 Å². The Balaban J connectivity index is 1.40. The molecule has 5 rings (SSSR count). The lowest BCUT2D eigenvalue weighted by Gasteiger charge is -2.22. The van der Waals surface area contributed by atoms with Gasteiger partial charge in [-0.05, 0) is 74.2 Å². The van der Waals surface area contributed by atoms with E-state index in [0.717, 1.165) is 33.4 Å². The highest BCUT2D eigenvalue weighted by Crippen LogP contribution is 2.30. The Morgan fingerprint density at radius 2 is 1.78 bits per heavy atom. The first kappa shape index (κ1) is 23.5. The highest BCUT2D eigenvalue weighted by Gasteiger charge is 2.21. The number of amides is 1. The van der Waals surface area contributed by atoms with Crippen molar-refractivity contribution in [1.29, 1.82) is 0 Å². The van der Waals surface area contributed by atoms with Gasteiger partial charge in [-0.25, -0.2) is 9.37 Å². The van der Waals surface area contributed by atoms with Crippen LogP contribution >= 0.6 is 0 Å². The van der Waals surface area contributed by atoms with Crippen LogP contribution in [0, 0.1) is 33.5 Å². The van der Waals surface area contributed by atoms with Gasteiger partial charge in [-0.15, -0.1) is 0 Å². The molecule has 2 heterocycles. The molecule has 182 valence electrons. The molecule has 3 aromatic carbocycles. The van der Waals surface area contributed by atoms with E-state index >= 15 is 0 Å². The van der Waals surface area contributed by atoms with E-state index in [4.69, 9.17) is 8.94 Å². The van der Waals surface area contributed by atoms with Gasteiger partial charge in [0, 0.05) is 0 Å². The Kier molecular flexibility index (Phi) is 6.14. The first-order chi connectivity index (χ1) is 17.3. The number of benzene rings is 3. The lowest BCUT2D eigenvalue weighted by molar-refractivity contribution is -0.120. The van der Waals surface area contributed by atoms with Crippen molar-refractivity contribution >= 4 is 17.0 Å². The molecular weight excluding hydrogens is 457 g/mol. The van der Waals surface area contributed by atoms with Crippen molar-refractivity contribution in [3.05, 3.63) is 106 Å². The molecule has 36 heavy (non-hydrogen) atoms. The number of hydrogen-bond acceptors (Lipinski definition) is 5. The summed E-state index contributed by atoms with van der Waals surface area (Å²) in [6, 6.07) is 17.4. The molecule has 7 heteroatoms. The topological polar surface area (TPSA) is 81.2 Å². The molecule has 0 aliphatic carbocycles. The second-order valence-corrected chi connectivity index (χ2v) is 9.11. The molecule has 5 aromatic rings. The number of halogens is 1. The summed E-state index contributed by atoms with van der Waals surface area (Å²) in [5, 5.41) is 7.11. The van der Waals surface area contributed by atoms with Gasteiger partial charge in [-0.1, -0.05) is 47.1 Å². The molecule has 1 unspecified atom stereocenters. The molecule has 1 N–H and O–H groups in total. The zero-order valence-electron chi connectivity index (χ0n) is 20.6. The number of rotatable bonds is 6. The summed E-state index contributed by atoms with van der Waals surface area (Å²) < 4.78 is 24.7. The molecule has 0 aliphatic heterocycles. The predicted molar refractivity (Wildman–Crippen MR) is 135 cm³/mol. The third-order valence-corrected chi connectivity index (χ3v) is 6.31. The summed E-state index contributed by atoms with van der Waals surface area (Å²) in [5.41, 5.74) is 7.49. The lowest BCUT2D eigenvalue weighted by atomic mass is 9.93. The second kappa shape index (κ2) is 9.41. The van der Waals surface area contributed by atoms with Gasteiger partial charge in [0.2, 0.25) is 11.8 Å². The smallest absolute Gasteiger partial charge is 0.232 e. The van der Waals surface area contributed by atoms with Crippen LogP contribution in [0.5, 0.6) is 0 Å². The van der Waals surface area contributed by atoms with Crippen molar-refractivity contribution < 1.29 is 18.1 Å². The van der Waals surface area contributed by atoms with Crippen LogP contribution in [0.2, 0.25) is 0 Å². The molecule has 6 nitrogen and oxygen atoms in total. The van der Waals surface area contributed by atoms with E-state index in [1.807, 2.05) is 58.0 Å². The van der Waals surface area contributed by atoms with Gasteiger partial charge >= 0.3 is 0 Å². The van der Waals surface area contributed by atoms with Gasteiger partial charge in [-0.2, -0.15) is 0 Å². The van der Waals surface area contributed by atoms with Gasteiger partial charge in [0.05, 0.1) is 18.2 Å². The number of nitrogens with one attached hydrogen (secondary N) is 1. The summed E-state index contributed by atoms with van der Waals surface area (Å²) in [6.45, 7) is 7.69. The Labute approximate surface area is 208 Å². The van der Waals surface area contributed by atoms with Crippen molar-refractivity contribution in [2.75, 3.05) is 0 Å². The van der Waals surface area contributed by atoms with Crippen LogP contribution in [0.3, 0.4) is 0 Å². The molecule has 1 amide bonds. The zero-order valence-corrected chi connectivity index (χ0v) is 20.6. The Morgan fingerprint density at radius 1 is 1.00 bits per heavy atom. The van der Waals surface area contributed by atoms with Crippen LogP contribution in [0.15, 0.2) is 69.6 Å². The van der Waals surface area contributed by atoms with E-state index in [0.29, 0.717) is 28.4 Å². The number of hydrogen-bond donors (Lipinski definition) is 1. The zero-order chi connectivity index (χ0) is 25.4. The average molecular weight is 484 g/mol. The monoisotopic (exact) mass is 483 g/mol. The summed E-state index contributed by atoms with van der Waals surface area (Å²) in [5.74, 6) is 0.602. The van der Waals surface area contributed by atoms with Gasteiger partial charge in [-0.3, -0.25) is 4.79 Å². The highest BCUT2D eigenvalue weighted by molar-refractivity contribution is 5.83. The molecule has 0 radical (unpaired) electrons. The lowest BCUT2D eigenvalue weighted by Crippen LogP contribution is -2.31. The molecule has 0 aliphatic rings. The van der Waals surface area contributed by atoms with Crippen molar-refractivity contribution in [1.82, 2.24) is 15.5 Å². The molecule has 0 saturated carbocycles. The number of nitrogens with zero attached hydrogens (tertiary/aromatic N) is 2. The number of oxazole rings is 1. The molecule has 0 spiro atoms. The van der Waals surface area contributed by atoms with E-state index in [1.54, 1.807) is 12.1 Å². The van der Waals surface area contributed by atoms with Crippen molar-refractivity contribution in [3.8, 4) is 11.5 Å². The minimum Gasteiger partial charge on any atom is -0.436 e. The van der Waals surface area contributed by atoms with Crippen LogP contribution in [0.4, 0.5) is 4.39 Å².